The molecule has 1 aromatic carbocycles. The van der Waals surface area contributed by atoms with Crippen LogP contribution in [0.5, 0.6) is 0 Å². The average Bonchev–Trinajstić information content (AvgIpc) is 2.42. The Labute approximate surface area is 117 Å². The number of nitrogens with zero attached hydrogens (tertiary/aromatic N) is 1. The molecule has 1 aliphatic heterocycles. The van der Waals surface area contributed by atoms with E-state index in [-0.39, 0.29) is 5.54 Å². The lowest BCUT2D eigenvalue weighted by Gasteiger charge is -2.43. The van der Waals surface area contributed by atoms with Gasteiger partial charge in [-0.3, -0.25) is 4.90 Å². The molecule has 3 N–H and O–H groups in total. The molecule has 1 fully saturated rings. The zero-order valence-electron chi connectivity index (χ0n) is 12.2. The minimum Gasteiger partial charge on any atom is -0.329 e. The molecule has 1 aliphatic rings. The predicted molar refractivity (Wildman–Crippen MR) is 81.0 cm³/mol. The van der Waals surface area contributed by atoms with Crippen LogP contribution in [0.25, 0.3) is 0 Å². The molecular formula is C16H27N3. The van der Waals surface area contributed by atoms with E-state index in [9.17, 15) is 0 Å². The Morgan fingerprint density at radius 2 is 1.84 bits per heavy atom. The molecule has 2 rings (SSSR count). The lowest BCUT2D eigenvalue weighted by molar-refractivity contribution is 0.127. The first-order chi connectivity index (χ1) is 9.13. The van der Waals surface area contributed by atoms with Gasteiger partial charge in [0.1, 0.15) is 0 Å². The number of rotatable bonds is 5. The number of nitrogens with two attached hydrogens (primary N) is 1. The van der Waals surface area contributed by atoms with Crippen LogP contribution in [0.4, 0.5) is 0 Å². The smallest absolute Gasteiger partial charge is 0.0330 e. The van der Waals surface area contributed by atoms with Crippen molar-refractivity contribution in [1.82, 2.24) is 10.2 Å². The Kier molecular flexibility index (Phi) is 4.97. The van der Waals surface area contributed by atoms with E-state index in [4.69, 9.17) is 5.73 Å². The molecule has 1 aromatic rings. The summed E-state index contributed by atoms with van der Waals surface area (Å²) in [6.07, 6.45) is 2.29. The summed E-state index contributed by atoms with van der Waals surface area (Å²) in [4.78, 5) is 2.53. The number of hydrogen-bond acceptors (Lipinski definition) is 3. The van der Waals surface area contributed by atoms with Gasteiger partial charge in [-0.25, -0.2) is 0 Å². The van der Waals surface area contributed by atoms with Gasteiger partial charge in [0.05, 0.1) is 0 Å². The molecule has 1 heterocycles. The Morgan fingerprint density at radius 1 is 1.21 bits per heavy atom. The summed E-state index contributed by atoms with van der Waals surface area (Å²) in [5.41, 5.74) is 7.56. The van der Waals surface area contributed by atoms with Gasteiger partial charge in [0.25, 0.3) is 0 Å². The van der Waals surface area contributed by atoms with Gasteiger partial charge in [0, 0.05) is 37.8 Å². The third-order valence-electron chi connectivity index (χ3n) is 4.05. The third kappa shape index (κ3) is 4.03. The van der Waals surface area contributed by atoms with Crippen LogP contribution in [0.1, 0.15) is 32.3 Å². The molecule has 1 saturated heterocycles. The fourth-order valence-corrected chi connectivity index (χ4v) is 3.00. The molecule has 0 spiro atoms. The highest BCUT2D eigenvalue weighted by Crippen LogP contribution is 2.23. The fraction of sp³-hybridized carbons (Fsp3) is 0.625. The Bertz CT molecular complexity index is 367. The maximum absolute atomic E-state index is 6.00. The van der Waals surface area contributed by atoms with Crippen molar-refractivity contribution < 1.29 is 0 Å². The van der Waals surface area contributed by atoms with Crippen LogP contribution in [0.15, 0.2) is 30.3 Å². The second-order valence-corrected chi connectivity index (χ2v) is 6.05. The fourth-order valence-electron chi connectivity index (χ4n) is 3.00. The normalized spacial score (nSPS) is 19.8. The van der Waals surface area contributed by atoms with Crippen molar-refractivity contribution in [2.45, 2.75) is 44.8 Å². The first kappa shape index (κ1) is 14.5. The molecule has 0 saturated carbocycles. The van der Waals surface area contributed by atoms with E-state index in [1.807, 2.05) is 0 Å². The van der Waals surface area contributed by atoms with Crippen LogP contribution in [-0.2, 0) is 6.54 Å². The highest BCUT2D eigenvalue weighted by molar-refractivity contribution is 5.14. The summed E-state index contributed by atoms with van der Waals surface area (Å²) in [5.74, 6) is 0. The van der Waals surface area contributed by atoms with E-state index in [2.05, 4.69) is 54.4 Å². The first-order valence-electron chi connectivity index (χ1n) is 7.38. The zero-order valence-corrected chi connectivity index (χ0v) is 12.2. The summed E-state index contributed by atoms with van der Waals surface area (Å²) in [6.45, 7) is 8.46. The third-order valence-corrected chi connectivity index (χ3v) is 4.05. The van der Waals surface area contributed by atoms with Gasteiger partial charge in [-0.2, -0.15) is 0 Å². The monoisotopic (exact) mass is 261 g/mol. The van der Waals surface area contributed by atoms with Crippen LogP contribution in [0.2, 0.25) is 0 Å². The second kappa shape index (κ2) is 6.51. The van der Waals surface area contributed by atoms with Crippen LogP contribution in [-0.4, -0.2) is 36.1 Å². The van der Waals surface area contributed by atoms with E-state index in [0.29, 0.717) is 6.04 Å². The summed E-state index contributed by atoms with van der Waals surface area (Å²) < 4.78 is 0. The van der Waals surface area contributed by atoms with Crippen molar-refractivity contribution in [3.05, 3.63) is 35.9 Å². The van der Waals surface area contributed by atoms with Gasteiger partial charge in [0.15, 0.2) is 0 Å². The lowest BCUT2D eigenvalue weighted by atomic mass is 9.86. The molecule has 0 atom stereocenters. The van der Waals surface area contributed by atoms with Gasteiger partial charge in [0.2, 0.25) is 0 Å². The summed E-state index contributed by atoms with van der Waals surface area (Å²) >= 11 is 0. The maximum Gasteiger partial charge on any atom is 0.0330 e. The highest BCUT2D eigenvalue weighted by atomic mass is 15.2. The van der Waals surface area contributed by atoms with Crippen molar-refractivity contribution in [2.75, 3.05) is 19.6 Å². The molecule has 3 heteroatoms. The van der Waals surface area contributed by atoms with E-state index >= 15 is 0 Å². The van der Waals surface area contributed by atoms with Crippen LogP contribution < -0.4 is 11.1 Å². The Hall–Kier alpha value is -0.900. The average molecular weight is 261 g/mol. The molecule has 106 valence electrons. The van der Waals surface area contributed by atoms with E-state index in [0.717, 1.165) is 39.0 Å². The predicted octanol–water partition coefficient (Wildman–Crippen LogP) is 1.98. The minimum atomic E-state index is 0.154. The summed E-state index contributed by atoms with van der Waals surface area (Å²) in [6, 6.07) is 11.2. The standard InChI is InChI=1S/C16H27N3/c1-14(2)18-16(13-17)8-10-19(11-9-16)12-15-6-4-3-5-7-15/h3-7,14,18H,8-13,17H2,1-2H3. The van der Waals surface area contributed by atoms with Crippen molar-refractivity contribution in [3.63, 3.8) is 0 Å². The van der Waals surface area contributed by atoms with Crippen LogP contribution >= 0.6 is 0 Å². The van der Waals surface area contributed by atoms with Gasteiger partial charge in [-0.05, 0) is 18.4 Å². The molecule has 0 amide bonds. The Balaban J connectivity index is 1.88. The van der Waals surface area contributed by atoms with Gasteiger partial charge in [-0.15, -0.1) is 0 Å². The van der Waals surface area contributed by atoms with Crippen molar-refractivity contribution in [2.24, 2.45) is 5.73 Å². The topological polar surface area (TPSA) is 41.3 Å². The highest BCUT2D eigenvalue weighted by Gasteiger charge is 2.33. The van der Waals surface area contributed by atoms with E-state index < -0.39 is 0 Å². The quantitative estimate of drug-likeness (QED) is 0.851. The molecule has 0 aliphatic carbocycles. The van der Waals surface area contributed by atoms with Crippen LogP contribution in [0.3, 0.4) is 0 Å². The molecule has 3 nitrogen and oxygen atoms in total. The van der Waals surface area contributed by atoms with E-state index in [1.54, 1.807) is 0 Å². The molecular weight excluding hydrogens is 234 g/mol. The number of nitrogens with one attached hydrogen (secondary N) is 1. The molecule has 0 bridgehead atoms. The summed E-state index contributed by atoms with van der Waals surface area (Å²) in [5, 5.41) is 3.68. The first-order valence-corrected chi connectivity index (χ1v) is 7.38. The van der Waals surface area contributed by atoms with Crippen LogP contribution in [0, 0.1) is 0 Å². The SMILES string of the molecule is CC(C)NC1(CN)CCN(Cc2ccccc2)CC1. The molecule has 19 heavy (non-hydrogen) atoms. The van der Waals surface area contributed by atoms with Crippen molar-refractivity contribution in [3.8, 4) is 0 Å². The van der Waals surface area contributed by atoms with Crippen molar-refractivity contribution >= 4 is 0 Å². The van der Waals surface area contributed by atoms with Gasteiger partial charge >= 0.3 is 0 Å². The second-order valence-electron chi connectivity index (χ2n) is 6.05. The molecule has 0 radical (unpaired) electrons. The maximum atomic E-state index is 6.00. The zero-order chi connectivity index (χ0) is 13.7. The number of hydrogen-bond donors (Lipinski definition) is 2. The van der Waals surface area contributed by atoms with Gasteiger partial charge in [-0.1, -0.05) is 44.2 Å². The minimum absolute atomic E-state index is 0.154. The number of piperidine rings is 1. The van der Waals surface area contributed by atoms with E-state index in [1.165, 1.54) is 5.56 Å². The van der Waals surface area contributed by atoms with Gasteiger partial charge < -0.3 is 11.1 Å². The number of benzene rings is 1. The molecule has 0 unspecified atom stereocenters. The summed E-state index contributed by atoms with van der Waals surface area (Å²) in [7, 11) is 0. The lowest BCUT2D eigenvalue weighted by Crippen LogP contribution is -2.59. The number of likely N-dealkylation sites (tertiary alicyclic amines) is 1. The largest absolute Gasteiger partial charge is 0.329 e. The molecule has 0 aromatic heterocycles. The van der Waals surface area contributed by atoms with Crippen molar-refractivity contribution in [1.29, 1.82) is 0 Å². The Morgan fingerprint density at radius 3 is 2.37 bits per heavy atom.